The summed E-state index contributed by atoms with van der Waals surface area (Å²) in [6.07, 6.45) is 0. The largest absolute Gasteiger partial charge is 0.309 e. The van der Waals surface area contributed by atoms with Gasteiger partial charge < -0.3 is 4.57 Å². The van der Waals surface area contributed by atoms with Crippen LogP contribution in [0.3, 0.4) is 0 Å². The Morgan fingerprint density at radius 2 is 0.825 bits per heavy atom. The van der Waals surface area contributed by atoms with E-state index in [-0.39, 0.29) is 0 Å². The first-order valence-corrected chi connectivity index (χ1v) is 20.7. The van der Waals surface area contributed by atoms with Crippen LogP contribution in [0.5, 0.6) is 0 Å². The molecule has 6 heteroatoms. The molecule has 12 rings (SSSR count). The minimum absolute atomic E-state index is 0.664. The fourth-order valence-corrected chi connectivity index (χ4v) is 10.8. The molecule has 57 heavy (non-hydrogen) atoms. The van der Waals surface area contributed by atoms with E-state index in [9.17, 15) is 0 Å². The second-order valence-electron chi connectivity index (χ2n) is 14.4. The van der Waals surface area contributed by atoms with Crippen LogP contribution in [0.25, 0.3) is 113 Å². The minimum Gasteiger partial charge on any atom is -0.309 e. The Morgan fingerprint density at radius 1 is 0.333 bits per heavy atom. The number of thiophene rings is 2. The summed E-state index contributed by atoms with van der Waals surface area (Å²) < 4.78 is 7.46. The number of hydrogen-bond acceptors (Lipinski definition) is 5. The van der Waals surface area contributed by atoms with Gasteiger partial charge in [0, 0.05) is 67.8 Å². The fourth-order valence-electron chi connectivity index (χ4n) is 8.48. The molecule has 4 aromatic heterocycles. The van der Waals surface area contributed by atoms with Crippen molar-refractivity contribution in [1.29, 1.82) is 0 Å². The van der Waals surface area contributed by atoms with E-state index in [0.717, 1.165) is 16.7 Å². The SMILES string of the molecule is c1ccc(-c2nc(-c3ccccc3)nc(-c3cccc4sc5cc(-c6ccc7c(c6)sc6cccc(-n8c9ccccc9c9ccccc98)c67)ccc5c34)n2)cc1. The van der Waals surface area contributed by atoms with Gasteiger partial charge in [0.2, 0.25) is 0 Å². The van der Waals surface area contributed by atoms with E-state index in [1.54, 1.807) is 0 Å². The molecule has 266 valence electrons. The van der Waals surface area contributed by atoms with Crippen molar-refractivity contribution in [3.63, 3.8) is 0 Å². The van der Waals surface area contributed by atoms with Gasteiger partial charge in [-0.25, -0.2) is 15.0 Å². The zero-order valence-corrected chi connectivity index (χ0v) is 32.1. The van der Waals surface area contributed by atoms with Crippen LogP contribution in [0, 0.1) is 0 Å². The van der Waals surface area contributed by atoms with Crippen molar-refractivity contribution in [2.75, 3.05) is 0 Å². The van der Waals surface area contributed by atoms with Gasteiger partial charge in [0.15, 0.2) is 17.5 Å². The minimum atomic E-state index is 0.664. The van der Waals surface area contributed by atoms with Gasteiger partial charge in [0.25, 0.3) is 0 Å². The maximum atomic E-state index is 5.08. The lowest BCUT2D eigenvalue weighted by Crippen LogP contribution is -2.00. The average Bonchev–Trinajstić information content (AvgIpc) is 3.96. The molecular formula is C51H30N4S2. The number of para-hydroxylation sites is 2. The number of nitrogens with zero attached hydrogens (tertiary/aromatic N) is 4. The highest BCUT2D eigenvalue weighted by molar-refractivity contribution is 7.26. The summed E-state index contributed by atoms with van der Waals surface area (Å²) in [5.41, 5.74) is 9.02. The monoisotopic (exact) mass is 762 g/mol. The first-order chi connectivity index (χ1) is 28.2. The Labute approximate surface area is 335 Å². The molecule has 0 saturated heterocycles. The first kappa shape index (κ1) is 32.3. The topological polar surface area (TPSA) is 43.6 Å². The van der Waals surface area contributed by atoms with Gasteiger partial charge in [-0.3, -0.25) is 0 Å². The van der Waals surface area contributed by atoms with E-state index in [1.165, 1.54) is 79.0 Å². The zero-order valence-electron chi connectivity index (χ0n) is 30.4. The number of benzene rings is 8. The van der Waals surface area contributed by atoms with Crippen molar-refractivity contribution in [2.45, 2.75) is 0 Å². The van der Waals surface area contributed by atoms with Crippen molar-refractivity contribution < 1.29 is 0 Å². The predicted molar refractivity (Wildman–Crippen MR) is 242 cm³/mol. The van der Waals surface area contributed by atoms with E-state index >= 15 is 0 Å². The Morgan fingerprint density at radius 3 is 1.42 bits per heavy atom. The van der Waals surface area contributed by atoms with Crippen LogP contribution in [0.4, 0.5) is 0 Å². The summed E-state index contributed by atoms with van der Waals surface area (Å²) in [6, 6.07) is 64.9. The highest BCUT2D eigenvalue weighted by atomic mass is 32.1. The molecule has 0 aliphatic rings. The molecule has 0 amide bonds. The third kappa shape index (κ3) is 5.15. The van der Waals surface area contributed by atoms with Crippen LogP contribution in [-0.2, 0) is 0 Å². The van der Waals surface area contributed by atoms with Gasteiger partial charge in [-0.05, 0) is 53.6 Å². The van der Waals surface area contributed by atoms with E-state index in [0.29, 0.717) is 17.5 Å². The summed E-state index contributed by atoms with van der Waals surface area (Å²) in [6.45, 7) is 0. The van der Waals surface area contributed by atoms with Crippen molar-refractivity contribution in [2.24, 2.45) is 0 Å². The predicted octanol–water partition coefficient (Wildman–Crippen LogP) is 14.4. The molecular weight excluding hydrogens is 733 g/mol. The van der Waals surface area contributed by atoms with Gasteiger partial charge in [0.05, 0.1) is 16.7 Å². The lowest BCUT2D eigenvalue weighted by molar-refractivity contribution is 1.08. The smallest absolute Gasteiger partial charge is 0.164 e. The van der Waals surface area contributed by atoms with Crippen molar-refractivity contribution in [3.05, 3.63) is 182 Å². The summed E-state index contributed by atoms with van der Waals surface area (Å²) in [5.74, 6) is 2.00. The van der Waals surface area contributed by atoms with Crippen molar-refractivity contribution >= 4 is 84.8 Å². The van der Waals surface area contributed by atoms with Crippen LogP contribution >= 0.6 is 22.7 Å². The van der Waals surface area contributed by atoms with Crippen LogP contribution in [0.2, 0.25) is 0 Å². The molecule has 0 bridgehead atoms. The molecule has 0 N–H and O–H groups in total. The molecule has 4 heterocycles. The van der Waals surface area contributed by atoms with E-state index in [2.05, 4.69) is 150 Å². The molecule has 0 aliphatic carbocycles. The second-order valence-corrected chi connectivity index (χ2v) is 16.5. The van der Waals surface area contributed by atoms with Gasteiger partial charge in [-0.15, -0.1) is 22.7 Å². The van der Waals surface area contributed by atoms with Gasteiger partial charge in [0.1, 0.15) is 0 Å². The second kappa shape index (κ2) is 12.8. The van der Waals surface area contributed by atoms with Gasteiger partial charge in [-0.2, -0.15) is 0 Å². The summed E-state index contributed by atoms with van der Waals surface area (Å²) in [7, 11) is 0. The molecule has 0 saturated carbocycles. The van der Waals surface area contributed by atoms with Crippen molar-refractivity contribution in [1.82, 2.24) is 19.5 Å². The lowest BCUT2D eigenvalue weighted by atomic mass is 10.0. The molecule has 0 spiro atoms. The van der Waals surface area contributed by atoms with Gasteiger partial charge >= 0.3 is 0 Å². The number of rotatable bonds is 5. The molecule has 0 aliphatic heterocycles. The normalized spacial score (nSPS) is 11.9. The fraction of sp³-hybridized carbons (Fsp3) is 0. The molecule has 0 atom stereocenters. The first-order valence-electron chi connectivity index (χ1n) is 19.0. The third-order valence-electron chi connectivity index (χ3n) is 11.1. The Hall–Kier alpha value is -6.99. The number of fused-ring (bicyclic) bond motifs is 9. The standard InChI is InChI=1S/C51H30N4S2/c1-3-13-31(14-4-1)49-52-50(32-15-5-2-6-16-32)54-51(53-49)39-19-11-23-43-47(39)37-27-25-33(29-45(37)56-43)34-26-28-38-46(30-34)57-44-24-12-22-42(48(38)44)55-40-20-9-7-17-35(40)36-18-8-10-21-41(36)55/h1-30H. The molecule has 0 fully saturated rings. The average molecular weight is 763 g/mol. The number of aromatic nitrogens is 4. The van der Waals surface area contributed by atoms with E-state index in [1.807, 2.05) is 59.1 Å². The van der Waals surface area contributed by atoms with Crippen LogP contribution in [-0.4, -0.2) is 19.5 Å². The molecule has 8 aromatic carbocycles. The molecule has 0 unspecified atom stereocenters. The summed E-state index contributed by atoms with van der Waals surface area (Å²) in [5, 5.41) is 7.51. The Bertz CT molecular complexity index is 3410. The van der Waals surface area contributed by atoms with E-state index < -0.39 is 0 Å². The quantitative estimate of drug-likeness (QED) is 0.175. The highest BCUT2D eigenvalue weighted by Crippen LogP contribution is 2.44. The summed E-state index contributed by atoms with van der Waals surface area (Å²) >= 11 is 3.69. The maximum Gasteiger partial charge on any atom is 0.164 e. The Balaban J connectivity index is 0.984. The highest BCUT2D eigenvalue weighted by Gasteiger charge is 2.19. The zero-order chi connectivity index (χ0) is 37.5. The molecule has 4 nitrogen and oxygen atoms in total. The van der Waals surface area contributed by atoms with Crippen LogP contribution < -0.4 is 0 Å². The summed E-state index contributed by atoms with van der Waals surface area (Å²) in [4.78, 5) is 15.1. The molecule has 12 aromatic rings. The van der Waals surface area contributed by atoms with Crippen molar-refractivity contribution in [3.8, 4) is 51.0 Å². The maximum absolute atomic E-state index is 5.08. The van der Waals surface area contributed by atoms with Crippen LogP contribution in [0.1, 0.15) is 0 Å². The van der Waals surface area contributed by atoms with Crippen LogP contribution in [0.15, 0.2) is 182 Å². The third-order valence-corrected chi connectivity index (χ3v) is 13.3. The lowest BCUT2D eigenvalue weighted by Gasteiger charge is -2.10. The Kier molecular flexibility index (Phi) is 7.24. The number of hydrogen-bond donors (Lipinski definition) is 0. The van der Waals surface area contributed by atoms with Gasteiger partial charge in [-0.1, -0.05) is 140 Å². The van der Waals surface area contributed by atoms with E-state index in [4.69, 9.17) is 15.0 Å². The molecule has 0 radical (unpaired) electrons.